The molecule has 1 aromatic carbocycles. The predicted molar refractivity (Wildman–Crippen MR) is 108 cm³/mol. The van der Waals surface area contributed by atoms with Gasteiger partial charge in [-0.05, 0) is 31.2 Å². The van der Waals surface area contributed by atoms with E-state index < -0.39 is 0 Å². The molecule has 0 aliphatic rings. The average molecular weight is 391 g/mol. The van der Waals surface area contributed by atoms with Gasteiger partial charge in [-0.2, -0.15) is 0 Å². The fraction of sp³-hybridized carbons (Fsp3) is 0.150. The summed E-state index contributed by atoms with van der Waals surface area (Å²) < 4.78 is 1.32. The Morgan fingerprint density at radius 3 is 2.89 bits per heavy atom. The number of thiazole rings is 1. The van der Waals surface area contributed by atoms with Crippen molar-refractivity contribution in [3.63, 3.8) is 0 Å². The molecule has 1 amide bonds. The number of para-hydroxylation sites is 1. The highest BCUT2D eigenvalue weighted by Crippen LogP contribution is 2.27. The summed E-state index contributed by atoms with van der Waals surface area (Å²) >= 11 is 1.52. The maximum Gasteiger partial charge on any atom is 0.261 e. The Balaban J connectivity index is 1.45. The van der Waals surface area contributed by atoms with E-state index in [0.717, 1.165) is 21.1 Å². The zero-order chi connectivity index (χ0) is 19.5. The summed E-state index contributed by atoms with van der Waals surface area (Å²) in [6.07, 6.45) is 4.89. The van der Waals surface area contributed by atoms with E-state index in [2.05, 4.69) is 20.3 Å². The first kappa shape index (κ1) is 18.0. The topological polar surface area (TPSA) is 89.8 Å². The molecule has 4 rings (SSSR count). The van der Waals surface area contributed by atoms with Crippen molar-refractivity contribution in [2.45, 2.75) is 20.0 Å². The van der Waals surface area contributed by atoms with Crippen LogP contribution in [0.1, 0.15) is 10.6 Å². The van der Waals surface area contributed by atoms with Crippen LogP contribution in [0, 0.1) is 6.92 Å². The molecular formula is C20H17N5O2S. The minimum atomic E-state index is -0.255. The van der Waals surface area contributed by atoms with Gasteiger partial charge >= 0.3 is 0 Å². The van der Waals surface area contributed by atoms with Crippen LogP contribution in [-0.2, 0) is 17.9 Å². The van der Waals surface area contributed by atoms with E-state index in [9.17, 15) is 9.59 Å². The van der Waals surface area contributed by atoms with Crippen LogP contribution >= 0.6 is 11.3 Å². The summed E-state index contributed by atoms with van der Waals surface area (Å²) in [5.74, 6) is -0.255. The first-order valence-corrected chi connectivity index (χ1v) is 9.51. The zero-order valence-corrected chi connectivity index (χ0v) is 15.9. The molecule has 1 N–H and O–H groups in total. The molecule has 28 heavy (non-hydrogen) atoms. The highest BCUT2D eigenvalue weighted by Gasteiger charge is 2.12. The average Bonchev–Trinajstić information content (AvgIpc) is 3.10. The highest BCUT2D eigenvalue weighted by molar-refractivity contribution is 7.15. The van der Waals surface area contributed by atoms with Gasteiger partial charge in [-0.15, -0.1) is 11.3 Å². The quantitative estimate of drug-likeness (QED) is 0.565. The van der Waals surface area contributed by atoms with E-state index >= 15 is 0 Å². The number of carbonyl (C=O) groups excluding carboxylic acids is 1. The van der Waals surface area contributed by atoms with E-state index in [1.54, 1.807) is 30.6 Å². The number of aromatic nitrogens is 4. The largest absolute Gasteiger partial charge is 0.350 e. The Labute approximate surface area is 164 Å². The summed E-state index contributed by atoms with van der Waals surface area (Å²) in [4.78, 5) is 38.7. The monoisotopic (exact) mass is 391 g/mol. The molecule has 140 valence electrons. The van der Waals surface area contributed by atoms with Gasteiger partial charge in [-0.25, -0.2) is 9.97 Å². The molecule has 0 atom stereocenters. The number of aryl methyl sites for hydroxylation is 1. The summed E-state index contributed by atoms with van der Waals surface area (Å²) in [6, 6.07) is 10.9. The predicted octanol–water partition coefficient (Wildman–Crippen LogP) is 2.54. The fourth-order valence-electron chi connectivity index (χ4n) is 2.81. The van der Waals surface area contributed by atoms with E-state index in [1.807, 2.05) is 25.1 Å². The van der Waals surface area contributed by atoms with Crippen LogP contribution in [0.25, 0.3) is 21.5 Å². The number of carbonyl (C=O) groups is 1. The van der Waals surface area contributed by atoms with Gasteiger partial charge in [-0.3, -0.25) is 19.1 Å². The third-order valence-corrected chi connectivity index (χ3v) is 5.50. The van der Waals surface area contributed by atoms with E-state index in [4.69, 9.17) is 0 Å². The number of fused-ring (bicyclic) bond motifs is 1. The summed E-state index contributed by atoms with van der Waals surface area (Å²) in [7, 11) is 0. The van der Waals surface area contributed by atoms with Gasteiger partial charge in [0.15, 0.2) is 0 Å². The normalized spacial score (nSPS) is 10.9. The van der Waals surface area contributed by atoms with E-state index in [0.29, 0.717) is 17.4 Å². The molecule has 0 unspecified atom stereocenters. The Bertz CT molecular complexity index is 1200. The number of hydrogen-bond acceptors (Lipinski definition) is 6. The van der Waals surface area contributed by atoms with Gasteiger partial charge < -0.3 is 5.32 Å². The number of amides is 1. The van der Waals surface area contributed by atoms with Crippen LogP contribution < -0.4 is 10.9 Å². The molecule has 8 heteroatoms. The van der Waals surface area contributed by atoms with Crippen LogP contribution in [0.4, 0.5) is 0 Å². The Hall–Kier alpha value is -3.39. The minimum Gasteiger partial charge on any atom is -0.350 e. The second-order valence-corrected chi connectivity index (χ2v) is 7.32. The highest BCUT2D eigenvalue weighted by atomic mass is 32.1. The van der Waals surface area contributed by atoms with Crippen molar-refractivity contribution in [1.29, 1.82) is 0 Å². The molecule has 0 radical (unpaired) electrons. The first-order chi connectivity index (χ1) is 13.6. The first-order valence-electron chi connectivity index (χ1n) is 8.69. The van der Waals surface area contributed by atoms with Crippen molar-refractivity contribution < 1.29 is 4.79 Å². The number of rotatable bonds is 5. The number of nitrogens with zero attached hydrogens (tertiary/aromatic N) is 4. The van der Waals surface area contributed by atoms with Crippen molar-refractivity contribution in [3.05, 3.63) is 76.0 Å². The number of nitrogens with one attached hydrogen (secondary N) is 1. The molecule has 0 bridgehead atoms. The fourth-order valence-corrected chi connectivity index (χ4v) is 3.81. The number of hydrogen-bond donors (Lipinski definition) is 1. The van der Waals surface area contributed by atoms with Gasteiger partial charge in [0.2, 0.25) is 5.91 Å². The standard InChI is InChI=1S/C20H17N5O2S/c1-13-17(28-19(24-13)14-5-4-8-21-9-14)10-22-18(26)11-25-12-23-16-7-3-2-6-15(16)20(25)27/h2-9,12H,10-11H2,1H3,(H,22,26). The van der Waals surface area contributed by atoms with E-state index in [1.165, 1.54) is 22.2 Å². The van der Waals surface area contributed by atoms with Crippen LogP contribution in [-0.4, -0.2) is 25.4 Å². The molecule has 3 aromatic heterocycles. The van der Waals surface area contributed by atoms with Gasteiger partial charge in [0, 0.05) is 22.8 Å². The molecule has 0 spiro atoms. The Morgan fingerprint density at radius 2 is 2.07 bits per heavy atom. The van der Waals surface area contributed by atoms with Crippen molar-refractivity contribution in [2.24, 2.45) is 0 Å². The summed E-state index contributed by atoms with van der Waals surface area (Å²) in [6.45, 7) is 2.19. The summed E-state index contributed by atoms with van der Waals surface area (Å²) in [5, 5.41) is 4.22. The van der Waals surface area contributed by atoms with Crippen molar-refractivity contribution in [1.82, 2.24) is 24.8 Å². The second kappa shape index (κ2) is 7.69. The molecule has 0 saturated carbocycles. The molecular weight excluding hydrogens is 374 g/mol. The summed E-state index contributed by atoms with van der Waals surface area (Å²) in [5.41, 5.74) is 2.21. The van der Waals surface area contributed by atoms with Crippen LogP contribution in [0.2, 0.25) is 0 Å². The third kappa shape index (κ3) is 3.67. The van der Waals surface area contributed by atoms with Gasteiger partial charge in [0.1, 0.15) is 11.6 Å². The molecule has 0 saturated heterocycles. The zero-order valence-electron chi connectivity index (χ0n) is 15.1. The number of pyridine rings is 1. The lowest BCUT2D eigenvalue weighted by Crippen LogP contribution is -2.32. The van der Waals surface area contributed by atoms with Crippen molar-refractivity contribution in [3.8, 4) is 10.6 Å². The SMILES string of the molecule is Cc1nc(-c2cccnc2)sc1CNC(=O)Cn1cnc2ccccc2c1=O. The maximum absolute atomic E-state index is 12.5. The molecule has 0 aliphatic heterocycles. The lowest BCUT2D eigenvalue weighted by atomic mass is 10.2. The van der Waals surface area contributed by atoms with Gasteiger partial charge in [-0.1, -0.05) is 12.1 Å². The maximum atomic E-state index is 12.5. The third-order valence-electron chi connectivity index (χ3n) is 4.29. The lowest BCUT2D eigenvalue weighted by Gasteiger charge is -2.07. The minimum absolute atomic E-state index is 0.0794. The molecule has 3 heterocycles. The molecule has 4 aromatic rings. The molecule has 0 aliphatic carbocycles. The lowest BCUT2D eigenvalue weighted by molar-refractivity contribution is -0.121. The second-order valence-electron chi connectivity index (χ2n) is 6.24. The Kier molecular flexibility index (Phi) is 4.94. The van der Waals surface area contributed by atoms with Crippen LogP contribution in [0.3, 0.4) is 0 Å². The molecule has 0 fully saturated rings. The van der Waals surface area contributed by atoms with Crippen LogP contribution in [0.15, 0.2) is 59.9 Å². The van der Waals surface area contributed by atoms with E-state index in [-0.39, 0.29) is 18.0 Å². The van der Waals surface area contributed by atoms with Crippen molar-refractivity contribution >= 4 is 28.1 Å². The van der Waals surface area contributed by atoms with Gasteiger partial charge in [0.05, 0.1) is 29.5 Å². The Morgan fingerprint density at radius 1 is 1.21 bits per heavy atom. The van der Waals surface area contributed by atoms with Gasteiger partial charge in [0.25, 0.3) is 5.56 Å². The van der Waals surface area contributed by atoms with Crippen LogP contribution in [0.5, 0.6) is 0 Å². The van der Waals surface area contributed by atoms with Crippen molar-refractivity contribution in [2.75, 3.05) is 0 Å². The smallest absolute Gasteiger partial charge is 0.261 e. The number of benzene rings is 1. The molecule has 7 nitrogen and oxygen atoms in total.